The normalized spacial score (nSPS) is 9.00. The van der Waals surface area contributed by atoms with Gasteiger partial charge in [0, 0.05) is 14.2 Å². The van der Waals surface area contributed by atoms with Gasteiger partial charge in [-0.2, -0.15) is 6.42 Å². The van der Waals surface area contributed by atoms with E-state index in [-0.39, 0.29) is 53.3 Å². The van der Waals surface area contributed by atoms with Gasteiger partial charge in [-0.05, 0) is 6.42 Å². The van der Waals surface area contributed by atoms with Gasteiger partial charge in [0.05, 0.1) is 0 Å². The van der Waals surface area contributed by atoms with E-state index in [1.54, 1.807) is 14.2 Å². The van der Waals surface area contributed by atoms with Crippen LogP contribution in [0.3, 0.4) is 0 Å². The van der Waals surface area contributed by atoms with E-state index in [0.717, 1.165) is 25.7 Å². The van der Waals surface area contributed by atoms with E-state index in [1.165, 1.54) is 0 Å². The smallest absolute Gasteiger partial charge is 1.00 e. The third-order valence-electron chi connectivity index (χ3n) is 1.47. The Bertz CT molecular complexity index is 70.1. The van der Waals surface area contributed by atoms with Crippen molar-refractivity contribution in [3.63, 3.8) is 0 Å². The second kappa shape index (κ2) is 14.9. The van der Waals surface area contributed by atoms with E-state index in [9.17, 15) is 0 Å². The maximum atomic E-state index is 5.00. The van der Waals surface area contributed by atoms with Crippen LogP contribution in [-0.2, 0) is 9.47 Å². The molecule has 0 radical (unpaired) electrons. The third kappa shape index (κ3) is 11.4. The van der Waals surface area contributed by atoms with Crippen molar-refractivity contribution in [1.82, 2.24) is 0 Å². The minimum absolute atomic E-state index is 0. The first kappa shape index (κ1) is 19.1. The van der Waals surface area contributed by atoms with Crippen molar-refractivity contribution in [3.05, 3.63) is 6.92 Å². The van der Waals surface area contributed by atoms with Crippen molar-refractivity contribution in [2.75, 3.05) is 14.2 Å². The molecule has 0 aliphatic rings. The summed E-state index contributed by atoms with van der Waals surface area (Å²) in [5.41, 5.74) is 0. The molecule has 0 aliphatic carbocycles. The van der Waals surface area contributed by atoms with Crippen LogP contribution >= 0.6 is 0 Å². The molecule has 0 N–H and O–H groups in total. The topological polar surface area (TPSA) is 18.5 Å². The van der Waals surface area contributed by atoms with Crippen molar-refractivity contribution in [2.45, 2.75) is 32.0 Å². The summed E-state index contributed by atoms with van der Waals surface area (Å²) in [5, 5.41) is 0. The monoisotopic (exact) mass is 296 g/mol. The van der Waals surface area contributed by atoms with Crippen LogP contribution in [0.5, 0.6) is 0 Å². The first-order valence-electron chi connectivity index (χ1n) is 3.70. The Morgan fingerprint density at radius 2 is 1.67 bits per heavy atom. The number of halogens is 1. The fraction of sp³-hybridized carbons (Fsp3) is 0.875. The molecule has 4 heteroatoms. The fourth-order valence-electron chi connectivity index (χ4n) is 0.820. The van der Waals surface area contributed by atoms with Crippen LogP contribution in [0.15, 0.2) is 0 Å². The summed E-state index contributed by atoms with van der Waals surface area (Å²) in [5.74, 6) is 0. The molecule has 0 aromatic rings. The number of rotatable bonds is 6. The standard InChI is InChI=1S/C8H17O2.HI.Mg/c1-4-5-6-7-8(9-2)10-3;;/h8H,1,4-7H2,2-3H3;1H;/q-1;;+2/p-1. The fourth-order valence-corrected chi connectivity index (χ4v) is 0.820. The summed E-state index contributed by atoms with van der Waals surface area (Å²) < 4.78 is 10.0. The average Bonchev–Trinajstić information content (AvgIpc) is 1.99. The molecule has 0 fully saturated rings. The van der Waals surface area contributed by atoms with Crippen LogP contribution in [0.2, 0.25) is 0 Å². The van der Waals surface area contributed by atoms with Crippen LogP contribution < -0.4 is 24.0 Å². The van der Waals surface area contributed by atoms with Crippen LogP contribution in [0.1, 0.15) is 25.7 Å². The molecule has 0 saturated carbocycles. The molecule has 0 aromatic heterocycles. The van der Waals surface area contributed by atoms with E-state index >= 15 is 0 Å². The Balaban J connectivity index is -0.000000405. The average molecular weight is 296 g/mol. The molecule has 0 spiro atoms. The van der Waals surface area contributed by atoms with Crippen LogP contribution in [0.4, 0.5) is 0 Å². The van der Waals surface area contributed by atoms with E-state index in [0.29, 0.717) is 0 Å². The third-order valence-corrected chi connectivity index (χ3v) is 1.47. The largest absolute Gasteiger partial charge is 2.00 e. The van der Waals surface area contributed by atoms with Gasteiger partial charge in [0.25, 0.3) is 0 Å². The Morgan fingerprint density at radius 1 is 1.17 bits per heavy atom. The molecule has 12 heavy (non-hydrogen) atoms. The summed E-state index contributed by atoms with van der Waals surface area (Å²) in [4.78, 5) is 0. The number of hydrogen-bond donors (Lipinski definition) is 0. The van der Waals surface area contributed by atoms with Gasteiger partial charge in [-0.25, -0.2) is 0 Å². The Kier molecular flexibility index (Phi) is 23.7. The van der Waals surface area contributed by atoms with E-state index in [1.807, 2.05) is 0 Å². The molecule has 0 amide bonds. The summed E-state index contributed by atoms with van der Waals surface area (Å²) in [6.07, 6.45) is 4.24. The minimum atomic E-state index is -0.0217. The molecular weight excluding hydrogens is 279 g/mol. The molecule has 70 valence electrons. The van der Waals surface area contributed by atoms with Gasteiger partial charge < -0.3 is 40.4 Å². The summed E-state index contributed by atoms with van der Waals surface area (Å²) in [6.45, 7) is 3.75. The SMILES string of the molecule is [CH2-]CCCCC(OC)OC.[I-].[Mg+2]. The predicted octanol–water partition coefficient (Wildman–Crippen LogP) is -1.38. The van der Waals surface area contributed by atoms with Gasteiger partial charge in [0.1, 0.15) is 0 Å². The van der Waals surface area contributed by atoms with Gasteiger partial charge in [-0.1, -0.05) is 12.8 Å². The summed E-state index contributed by atoms with van der Waals surface area (Å²) >= 11 is 0. The van der Waals surface area contributed by atoms with Crippen LogP contribution in [0.25, 0.3) is 0 Å². The van der Waals surface area contributed by atoms with E-state index in [4.69, 9.17) is 9.47 Å². The Labute approximate surface area is 109 Å². The van der Waals surface area contributed by atoms with Crippen molar-refractivity contribution >= 4 is 23.1 Å². The molecule has 0 heterocycles. The first-order valence-corrected chi connectivity index (χ1v) is 3.70. The minimum Gasteiger partial charge on any atom is -1.00 e. The second-order valence-corrected chi connectivity index (χ2v) is 2.25. The zero-order valence-electron chi connectivity index (χ0n) is 8.01. The zero-order valence-corrected chi connectivity index (χ0v) is 11.6. The van der Waals surface area contributed by atoms with Gasteiger partial charge in [0.15, 0.2) is 6.29 Å². The number of ether oxygens (including phenoxy) is 2. The van der Waals surface area contributed by atoms with Crippen LogP contribution in [-0.4, -0.2) is 43.6 Å². The number of hydrogen-bond acceptors (Lipinski definition) is 2. The Morgan fingerprint density at radius 3 is 2.00 bits per heavy atom. The van der Waals surface area contributed by atoms with E-state index in [2.05, 4.69) is 6.92 Å². The molecule has 2 nitrogen and oxygen atoms in total. The predicted molar refractivity (Wildman–Crippen MR) is 47.4 cm³/mol. The van der Waals surface area contributed by atoms with Gasteiger partial charge in [-0.15, -0.1) is 0 Å². The molecule has 0 unspecified atom stereocenters. The van der Waals surface area contributed by atoms with Crippen molar-refractivity contribution in [1.29, 1.82) is 0 Å². The molecule has 0 saturated heterocycles. The van der Waals surface area contributed by atoms with Gasteiger partial charge >= 0.3 is 23.1 Å². The van der Waals surface area contributed by atoms with E-state index < -0.39 is 0 Å². The number of methoxy groups -OCH3 is 2. The van der Waals surface area contributed by atoms with Crippen LogP contribution in [0, 0.1) is 6.92 Å². The molecular formula is C8H17IMgO2. The maximum Gasteiger partial charge on any atom is 2.00 e. The second-order valence-electron chi connectivity index (χ2n) is 2.25. The maximum absolute atomic E-state index is 5.00. The summed E-state index contributed by atoms with van der Waals surface area (Å²) in [7, 11) is 3.33. The van der Waals surface area contributed by atoms with Gasteiger partial charge in [-0.3, -0.25) is 0 Å². The van der Waals surface area contributed by atoms with Crippen molar-refractivity contribution in [2.24, 2.45) is 0 Å². The number of unbranched alkanes of at least 4 members (excludes halogenated alkanes) is 2. The van der Waals surface area contributed by atoms with Crippen molar-refractivity contribution in [3.8, 4) is 0 Å². The molecule has 0 bridgehead atoms. The van der Waals surface area contributed by atoms with Gasteiger partial charge in [0.2, 0.25) is 0 Å². The quantitative estimate of drug-likeness (QED) is 0.198. The molecule has 0 aliphatic heterocycles. The van der Waals surface area contributed by atoms with Crippen molar-refractivity contribution < 1.29 is 33.5 Å². The Hall–Kier alpha value is 1.42. The zero-order chi connectivity index (χ0) is 7.82. The molecule has 0 aromatic carbocycles. The molecule has 0 atom stereocenters. The molecule has 0 rings (SSSR count). The first-order chi connectivity index (χ1) is 4.85. The summed E-state index contributed by atoms with van der Waals surface area (Å²) in [6, 6.07) is 0.